The minimum Gasteiger partial charge on any atom is -0.494 e. The van der Waals surface area contributed by atoms with Crippen LogP contribution in [-0.4, -0.2) is 25.0 Å². The first kappa shape index (κ1) is 20.0. The summed E-state index contributed by atoms with van der Waals surface area (Å²) in [5.74, 6) is 0.696. The van der Waals surface area contributed by atoms with Crippen molar-refractivity contribution in [2.75, 3.05) is 23.8 Å². The molecule has 0 aliphatic carbocycles. The number of benzene rings is 2. The van der Waals surface area contributed by atoms with E-state index >= 15 is 0 Å². The quantitative estimate of drug-likeness (QED) is 0.564. The molecule has 0 saturated heterocycles. The van der Waals surface area contributed by atoms with Gasteiger partial charge in [-0.3, -0.25) is 9.59 Å². The second-order valence-corrected chi connectivity index (χ2v) is 6.17. The Labute approximate surface area is 168 Å². The van der Waals surface area contributed by atoms with Gasteiger partial charge in [0.25, 0.3) is 11.8 Å². The van der Waals surface area contributed by atoms with Gasteiger partial charge in [0, 0.05) is 23.5 Å². The number of carbonyl (C=O) groups excluding carboxylic acids is 2. The Bertz CT molecular complexity index is 953. The highest BCUT2D eigenvalue weighted by molar-refractivity contribution is 6.02. The molecule has 0 atom stereocenters. The zero-order valence-corrected chi connectivity index (χ0v) is 16.0. The highest BCUT2D eigenvalue weighted by Crippen LogP contribution is 2.19. The standard InChI is InChI=1S/C22H22N2O5/c1-2-11-27-18-8-3-6-16(13-18)23-21(25)15-29-19-9-4-7-17(14-19)24-22(26)20-10-5-12-28-20/h3-10,12-14H,2,11,15H2,1H3,(H,23,25)(H,24,26). The summed E-state index contributed by atoms with van der Waals surface area (Å²) in [6.07, 6.45) is 2.34. The Balaban J connectivity index is 1.52. The molecule has 150 valence electrons. The average molecular weight is 394 g/mol. The first-order valence-electron chi connectivity index (χ1n) is 9.24. The van der Waals surface area contributed by atoms with E-state index in [0.717, 1.165) is 6.42 Å². The number of ether oxygens (including phenoxy) is 2. The maximum Gasteiger partial charge on any atom is 0.291 e. The van der Waals surface area contributed by atoms with Gasteiger partial charge in [0.05, 0.1) is 12.9 Å². The fourth-order valence-corrected chi connectivity index (χ4v) is 2.49. The van der Waals surface area contributed by atoms with E-state index in [1.165, 1.54) is 6.26 Å². The Kier molecular flexibility index (Phi) is 6.89. The van der Waals surface area contributed by atoms with Gasteiger partial charge in [0.1, 0.15) is 11.5 Å². The topological polar surface area (TPSA) is 89.8 Å². The van der Waals surface area contributed by atoms with Crippen molar-refractivity contribution in [2.45, 2.75) is 13.3 Å². The first-order chi connectivity index (χ1) is 14.1. The number of furan rings is 1. The fourth-order valence-electron chi connectivity index (χ4n) is 2.49. The van der Waals surface area contributed by atoms with E-state index in [2.05, 4.69) is 10.6 Å². The van der Waals surface area contributed by atoms with Gasteiger partial charge in [-0.2, -0.15) is 0 Å². The second kappa shape index (κ2) is 9.98. The maximum atomic E-state index is 12.2. The Morgan fingerprint density at radius 1 is 0.897 bits per heavy atom. The van der Waals surface area contributed by atoms with Crippen molar-refractivity contribution in [1.82, 2.24) is 0 Å². The summed E-state index contributed by atoms with van der Waals surface area (Å²) in [5, 5.41) is 5.48. The van der Waals surface area contributed by atoms with Crippen LogP contribution in [0.15, 0.2) is 71.3 Å². The third-order valence-corrected chi connectivity index (χ3v) is 3.80. The molecular weight excluding hydrogens is 372 g/mol. The summed E-state index contributed by atoms with van der Waals surface area (Å²) in [5.41, 5.74) is 1.16. The zero-order valence-electron chi connectivity index (χ0n) is 16.0. The van der Waals surface area contributed by atoms with Crippen molar-refractivity contribution >= 4 is 23.2 Å². The van der Waals surface area contributed by atoms with Gasteiger partial charge in [-0.25, -0.2) is 0 Å². The van der Waals surface area contributed by atoms with E-state index < -0.39 is 0 Å². The molecule has 0 saturated carbocycles. The lowest BCUT2D eigenvalue weighted by Crippen LogP contribution is -2.20. The minimum atomic E-state index is -0.366. The van der Waals surface area contributed by atoms with E-state index in [0.29, 0.717) is 29.5 Å². The van der Waals surface area contributed by atoms with E-state index in [1.807, 2.05) is 19.1 Å². The molecule has 2 N–H and O–H groups in total. The molecule has 1 heterocycles. The monoisotopic (exact) mass is 394 g/mol. The van der Waals surface area contributed by atoms with Crippen molar-refractivity contribution in [3.63, 3.8) is 0 Å². The molecule has 2 amide bonds. The predicted octanol–water partition coefficient (Wildman–Crippen LogP) is 4.34. The number of rotatable bonds is 9. The SMILES string of the molecule is CCCOc1cccc(NC(=O)COc2cccc(NC(=O)c3ccco3)c2)c1. The molecule has 29 heavy (non-hydrogen) atoms. The number of nitrogens with one attached hydrogen (secondary N) is 2. The number of carbonyl (C=O) groups is 2. The van der Waals surface area contributed by atoms with Crippen LogP contribution in [0, 0.1) is 0 Å². The first-order valence-corrected chi connectivity index (χ1v) is 9.24. The Hall–Kier alpha value is -3.74. The van der Waals surface area contributed by atoms with Gasteiger partial charge in [0.2, 0.25) is 0 Å². The highest BCUT2D eigenvalue weighted by Gasteiger charge is 2.10. The van der Waals surface area contributed by atoms with Crippen molar-refractivity contribution in [3.05, 3.63) is 72.7 Å². The molecule has 3 rings (SSSR count). The van der Waals surface area contributed by atoms with Crippen molar-refractivity contribution < 1.29 is 23.5 Å². The van der Waals surface area contributed by atoms with Crippen LogP contribution in [-0.2, 0) is 4.79 Å². The summed E-state index contributed by atoms with van der Waals surface area (Å²) in [4.78, 5) is 24.2. The molecule has 2 aromatic carbocycles. The molecule has 7 heteroatoms. The molecule has 7 nitrogen and oxygen atoms in total. The number of anilines is 2. The second-order valence-electron chi connectivity index (χ2n) is 6.17. The molecule has 0 unspecified atom stereocenters. The predicted molar refractivity (Wildman–Crippen MR) is 109 cm³/mol. The van der Waals surface area contributed by atoms with Crippen LogP contribution in [0.2, 0.25) is 0 Å². The van der Waals surface area contributed by atoms with Gasteiger partial charge >= 0.3 is 0 Å². The third-order valence-electron chi connectivity index (χ3n) is 3.80. The summed E-state index contributed by atoms with van der Waals surface area (Å²) >= 11 is 0. The van der Waals surface area contributed by atoms with Crippen LogP contribution < -0.4 is 20.1 Å². The summed E-state index contributed by atoms with van der Waals surface area (Å²) in [6, 6.07) is 17.2. The van der Waals surface area contributed by atoms with Crippen molar-refractivity contribution in [1.29, 1.82) is 0 Å². The van der Waals surface area contributed by atoms with Crippen LogP contribution >= 0.6 is 0 Å². The van der Waals surface area contributed by atoms with Gasteiger partial charge < -0.3 is 24.5 Å². The van der Waals surface area contributed by atoms with Crippen LogP contribution in [0.25, 0.3) is 0 Å². The van der Waals surface area contributed by atoms with Gasteiger partial charge in [-0.05, 0) is 42.8 Å². The Morgan fingerprint density at radius 2 is 1.59 bits per heavy atom. The molecule has 0 aliphatic rings. The number of hydrogen-bond donors (Lipinski definition) is 2. The molecule has 0 radical (unpaired) electrons. The fraction of sp³-hybridized carbons (Fsp3) is 0.182. The largest absolute Gasteiger partial charge is 0.494 e. The lowest BCUT2D eigenvalue weighted by molar-refractivity contribution is -0.118. The average Bonchev–Trinajstić information content (AvgIpc) is 3.26. The normalized spacial score (nSPS) is 10.2. The summed E-state index contributed by atoms with van der Waals surface area (Å²) < 4.78 is 16.1. The zero-order chi connectivity index (χ0) is 20.5. The Morgan fingerprint density at radius 3 is 2.24 bits per heavy atom. The van der Waals surface area contributed by atoms with E-state index in [-0.39, 0.29) is 24.2 Å². The molecule has 0 spiro atoms. The summed E-state index contributed by atoms with van der Waals surface area (Å²) in [7, 11) is 0. The van der Waals surface area contributed by atoms with Crippen LogP contribution in [0.4, 0.5) is 11.4 Å². The third kappa shape index (κ3) is 6.14. The van der Waals surface area contributed by atoms with Gasteiger partial charge in [-0.15, -0.1) is 0 Å². The van der Waals surface area contributed by atoms with Crippen LogP contribution in [0.1, 0.15) is 23.9 Å². The lowest BCUT2D eigenvalue weighted by atomic mass is 10.3. The van der Waals surface area contributed by atoms with Crippen molar-refractivity contribution in [3.8, 4) is 11.5 Å². The van der Waals surface area contributed by atoms with Gasteiger partial charge in [-0.1, -0.05) is 19.1 Å². The maximum absolute atomic E-state index is 12.2. The van der Waals surface area contributed by atoms with Gasteiger partial charge in [0.15, 0.2) is 12.4 Å². The highest BCUT2D eigenvalue weighted by atomic mass is 16.5. The van der Waals surface area contributed by atoms with E-state index in [4.69, 9.17) is 13.9 Å². The number of amides is 2. The molecule has 0 fully saturated rings. The van der Waals surface area contributed by atoms with Crippen LogP contribution in [0.3, 0.4) is 0 Å². The smallest absolute Gasteiger partial charge is 0.291 e. The summed E-state index contributed by atoms with van der Waals surface area (Å²) in [6.45, 7) is 2.48. The lowest BCUT2D eigenvalue weighted by Gasteiger charge is -2.10. The van der Waals surface area contributed by atoms with Crippen molar-refractivity contribution in [2.24, 2.45) is 0 Å². The molecule has 0 aliphatic heterocycles. The molecule has 0 bridgehead atoms. The molecule has 3 aromatic rings. The molecule has 1 aromatic heterocycles. The minimum absolute atomic E-state index is 0.171. The van der Waals surface area contributed by atoms with E-state index in [9.17, 15) is 9.59 Å². The molecular formula is C22H22N2O5. The number of hydrogen-bond acceptors (Lipinski definition) is 5. The van der Waals surface area contributed by atoms with Crippen LogP contribution in [0.5, 0.6) is 11.5 Å². The van der Waals surface area contributed by atoms with E-state index in [1.54, 1.807) is 48.5 Å².